The Labute approximate surface area is 93.3 Å². The standard InChI is InChI=1S/C12H15NOS/c13-6-5-10(14)7-9-8-15-12-4-2-1-3-11(9)12/h1-4,8,10,14H,5-7,13H2. The molecule has 0 amide bonds. The lowest BCUT2D eigenvalue weighted by Crippen LogP contribution is -2.15. The second-order valence-corrected chi connectivity index (χ2v) is 4.60. The van der Waals surface area contributed by atoms with E-state index in [0.717, 1.165) is 0 Å². The van der Waals surface area contributed by atoms with Gasteiger partial charge in [-0.2, -0.15) is 0 Å². The van der Waals surface area contributed by atoms with Crippen LogP contribution in [0.1, 0.15) is 12.0 Å². The lowest BCUT2D eigenvalue weighted by molar-refractivity contribution is 0.168. The minimum atomic E-state index is -0.312. The van der Waals surface area contributed by atoms with Gasteiger partial charge in [0.25, 0.3) is 0 Å². The molecule has 0 fully saturated rings. The molecule has 0 radical (unpaired) electrons. The monoisotopic (exact) mass is 221 g/mol. The smallest absolute Gasteiger partial charge is 0.0593 e. The number of aliphatic hydroxyl groups is 1. The van der Waals surface area contributed by atoms with Crippen molar-refractivity contribution in [1.29, 1.82) is 0 Å². The fraction of sp³-hybridized carbons (Fsp3) is 0.333. The number of hydrogen-bond acceptors (Lipinski definition) is 3. The van der Waals surface area contributed by atoms with Gasteiger partial charge in [-0.1, -0.05) is 18.2 Å². The largest absolute Gasteiger partial charge is 0.393 e. The van der Waals surface area contributed by atoms with Crippen LogP contribution in [-0.4, -0.2) is 17.8 Å². The topological polar surface area (TPSA) is 46.2 Å². The molecule has 2 nitrogen and oxygen atoms in total. The van der Waals surface area contributed by atoms with Gasteiger partial charge in [0, 0.05) is 4.70 Å². The maximum atomic E-state index is 9.71. The molecular weight excluding hydrogens is 206 g/mol. The minimum Gasteiger partial charge on any atom is -0.393 e. The Morgan fingerprint density at radius 3 is 2.93 bits per heavy atom. The van der Waals surface area contributed by atoms with Crippen LogP contribution in [0.3, 0.4) is 0 Å². The van der Waals surface area contributed by atoms with E-state index in [1.165, 1.54) is 15.6 Å². The van der Waals surface area contributed by atoms with Gasteiger partial charge in [-0.25, -0.2) is 0 Å². The molecule has 1 aromatic heterocycles. The van der Waals surface area contributed by atoms with Crippen molar-refractivity contribution in [2.24, 2.45) is 5.73 Å². The molecular formula is C12H15NOS. The Balaban J connectivity index is 2.21. The quantitative estimate of drug-likeness (QED) is 0.831. The molecule has 0 saturated carbocycles. The van der Waals surface area contributed by atoms with E-state index in [1.54, 1.807) is 11.3 Å². The minimum absolute atomic E-state index is 0.312. The first-order chi connectivity index (χ1) is 7.31. The van der Waals surface area contributed by atoms with Gasteiger partial charge in [0.1, 0.15) is 0 Å². The number of aliphatic hydroxyl groups excluding tert-OH is 1. The average molecular weight is 221 g/mol. The van der Waals surface area contributed by atoms with Crippen molar-refractivity contribution in [3.8, 4) is 0 Å². The van der Waals surface area contributed by atoms with Gasteiger partial charge in [0.05, 0.1) is 6.10 Å². The maximum absolute atomic E-state index is 9.71. The van der Waals surface area contributed by atoms with Crippen LogP contribution >= 0.6 is 11.3 Å². The van der Waals surface area contributed by atoms with Crippen molar-refractivity contribution in [3.63, 3.8) is 0 Å². The molecule has 2 rings (SSSR count). The molecule has 0 saturated heterocycles. The molecule has 3 heteroatoms. The molecule has 0 bridgehead atoms. The number of benzene rings is 1. The third-order valence-corrected chi connectivity index (χ3v) is 3.53. The summed E-state index contributed by atoms with van der Waals surface area (Å²) in [5, 5.41) is 13.1. The molecule has 0 spiro atoms. The van der Waals surface area contributed by atoms with Gasteiger partial charge in [-0.15, -0.1) is 11.3 Å². The van der Waals surface area contributed by atoms with Crippen LogP contribution in [0.2, 0.25) is 0 Å². The van der Waals surface area contributed by atoms with Crippen molar-refractivity contribution >= 4 is 21.4 Å². The molecule has 1 heterocycles. The predicted octanol–water partition coefficient (Wildman–Crippen LogP) is 2.15. The molecule has 1 atom stereocenters. The van der Waals surface area contributed by atoms with Crippen molar-refractivity contribution in [2.45, 2.75) is 18.9 Å². The second-order valence-electron chi connectivity index (χ2n) is 3.69. The van der Waals surface area contributed by atoms with E-state index in [2.05, 4.69) is 17.5 Å². The summed E-state index contributed by atoms with van der Waals surface area (Å²) in [4.78, 5) is 0. The molecule has 80 valence electrons. The van der Waals surface area contributed by atoms with Gasteiger partial charge in [-0.05, 0) is 41.8 Å². The highest BCUT2D eigenvalue weighted by Crippen LogP contribution is 2.26. The lowest BCUT2D eigenvalue weighted by atomic mass is 10.1. The summed E-state index contributed by atoms with van der Waals surface area (Å²) in [7, 11) is 0. The number of rotatable bonds is 4. The average Bonchev–Trinajstić information content (AvgIpc) is 2.62. The normalized spacial score (nSPS) is 13.2. The zero-order chi connectivity index (χ0) is 10.7. The van der Waals surface area contributed by atoms with E-state index in [-0.39, 0.29) is 6.10 Å². The molecule has 0 aliphatic rings. The van der Waals surface area contributed by atoms with Crippen LogP contribution < -0.4 is 5.73 Å². The van der Waals surface area contributed by atoms with Gasteiger partial charge >= 0.3 is 0 Å². The zero-order valence-electron chi connectivity index (χ0n) is 8.52. The molecule has 2 aromatic rings. The summed E-state index contributed by atoms with van der Waals surface area (Å²) >= 11 is 1.73. The van der Waals surface area contributed by atoms with Crippen LogP contribution in [0.15, 0.2) is 29.6 Å². The Bertz CT molecular complexity index is 438. The van der Waals surface area contributed by atoms with Gasteiger partial charge in [-0.3, -0.25) is 0 Å². The first kappa shape index (κ1) is 10.6. The highest BCUT2D eigenvalue weighted by molar-refractivity contribution is 7.17. The summed E-state index contributed by atoms with van der Waals surface area (Å²) < 4.78 is 1.28. The van der Waals surface area contributed by atoms with E-state index in [0.29, 0.717) is 19.4 Å². The highest BCUT2D eigenvalue weighted by Gasteiger charge is 2.08. The van der Waals surface area contributed by atoms with Crippen LogP contribution in [0, 0.1) is 0 Å². The van der Waals surface area contributed by atoms with E-state index in [1.807, 2.05) is 12.1 Å². The van der Waals surface area contributed by atoms with Crippen LogP contribution in [-0.2, 0) is 6.42 Å². The fourth-order valence-electron chi connectivity index (χ4n) is 1.74. The van der Waals surface area contributed by atoms with Gasteiger partial charge in [0.15, 0.2) is 0 Å². The highest BCUT2D eigenvalue weighted by atomic mass is 32.1. The van der Waals surface area contributed by atoms with Gasteiger partial charge in [0.2, 0.25) is 0 Å². The summed E-state index contributed by atoms with van der Waals surface area (Å²) in [5.74, 6) is 0. The van der Waals surface area contributed by atoms with E-state index in [4.69, 9.17) is 5.73 Å². The number of hydrogen-bond donors (Lipinski definition) is 2. The van der Waals surface area contributed by atoms with E-state index in [9.17, 15) is 5.11 Å². The number of thiophene rings is 1. The van der Waals surface area contributed by atoms with Crippen molar-refractivity contribution in [3.05, 3.63) is 35.2 Å². The Morgan fingerprint density at radius 1 is 1.33 bits per heavy atom. The molecule has 0 aliphatic heterocycles. The molecule has 3 N–H and O–H groups in total. The zero-order valence-corrected chi connectivity index (χ0v) is 9.33. The van der Waals surface area contributed by atoms with Crippen molar-refractivity contribution in [2.75, 3.05) is 6.54 Å². The summed E-state index contributed by atoms with van der Waals surface area (Å²) in [6.07, 6.45) is 1.07. The Hall–Kier alpha value is -0.900. The van der Waals surface area contributed by atoms with E-state index < -0.39 is 0 Å². The van der Waals surface area contributed by atoms with Gasteiger partial charge < -0.3 is 10.8 Å². The summed E-state index contributed by atoms with van der Waals surface area (Å²) in [5.41, 5.74) is 6.65. The fourth-order valence-corrected chi connectivity index (χ4v) is 2.71. The summed E-state index contributed by atoms with van der Waals surface area (Å²) in [6, 6.07) is 8.29. The Kier molecular flexibility index (Phi) is 3.36. The molecule has 15 heavy (non-hydrogen) atoms. The van der Waals surface area contributed by atoms with E-state index >= 15 is 0 Å². The van der Waals surface area contributed by atoms with Crippen LogP contribution in [0.5, 0.6) is 0 Å². The lowest BCUT2D eigenvalue weighted by Gasteiger charge is -2.07. The van der Waals surface area contributed by atoms with Crippen LogP contribution in [0.25, 0.3) is 10.1 Å². The Morgan fingerprint density at radius 2 is 2.13 bits per heavy atom. The number of nitrogens with two attached hydrogens (primary N) is 1. The third kappa shape index (κ3) is 2.37. The SMILES string of the molecule is NCCC(O)Cc1csc2ccccc12. The molecule has 1 unspecified atom stereocenters. The molecule has 0 aliphatic carbocycles. The van der Waals surface area contributed by atoms with Crippen LogP contribution in [0.4, 0.5) is 0 Å². The van der Waals surface area contributed by atoms with Crippen molar-refractivity contribution in [1.82, 2.24) is 0 Å². The summed E-state index contributed by atoms with van der Waals surface area (Å²) in [6.45, 7) is 0.545. The number of fused-ring (bicyclic) bond motifs is 1. The predicted molar refractivity (Wildman–Crippen MR) is 65.2 cm³/mol. The second kappa shape index (κ2) is 4.75. The first-order valence-electron chi connectivity index (χ1n) is 5.14. The first-order valence-corrected chi connectivity index (χ1v) is 6.02. The third-order valence-electron chi connectivity index (χ3n) is 2.52. The molecule has 1 aromatic carbocycles. The van der Waals surface area contributed by atoms with Crippen molar-refractivity contribution < 1.29 is 5.11 Å². The maximum Gasteiger partial charge on any atom is 0.0593 e.